The molecule has 0 spiro atoms. The van der Waals surface area contributed by atoms with Gasteiger partial charge in [-0.2, -0.15) is 5.26 Å². The summed E-state index contributed by atoms with van der Waals surface area (Å²) in [5.74, 6) is -2.70. The van der Waals surface area contributed by atoms with Crippen molar-refractivity contribution in [1.82, 2.24) is 0 Å². The summed E-state index contributed by atoms with van der Waals surface area (Å²) < 4.78 is 0. The second-order valence-electron chi connectivity index (χ2n) is 6.33. The second-order valence-corrected chi connectivity index (χ2v) is 7.44. The van der Waals surface area contributed by atoms with Crippen LogP contribution in [0.15, 0.2) is 0 Å². The normalized spacial score (nSPS) is 23.6. The Bertz CT molecular complexity index is 674. The van der Waals surface area contributed by atoms with Gasteiger partial charge < -0.3 is 15.2 Å². The summed E-state index contributed by atoms with van der Waals surface area (Å²) in [5.41, 5.74) is 1.64. The fourth-order valence-corrected chi connectivity index (χ4v) is 4.95. The first-order valence-corrected chi connectivity index (χ1v) is 9.00. The second kappa shape index (κ2) is 6.71. The molecule has 1 fully saturated rings. The molecule has 0 saturated heterocycles. The lowest BCUT2D eigenvalue weighted by atomic mass is 9.78. The molecule has 1 saturated carbocycles. The summed E-state index contributed by atoms with van der Waals surface area (Å²) in [4.78, 5) is 25.0. The molecule has 2 aliphatic rings. The number of anilines is 1. The van der Waals surface area contributed by atoms with Crippen LogP contribution >= 0.6 is 11.3 Å². The van der Waals surface area contributed by atoms with E-state index in [1.165, 1.54) is 16.2 Å². The molecule has 1 aromatic rings. The van der Waals surface area contributed by atoms with Crippen LogP contribution in [0.3, 0.4) is 0 Å². The van der Waals surface area contributed by atoms with Crippen LogP contribution < -0.4 is 10.4 Å². The number of aliphatic carboxylic acids is 1. The molecule has 1 heterocycles. The predicted molar refractivity (Wildman–Crippen MR) is 84.8 cm³/mol. The Morgan fingerprint density at radius 2 is 1.83 bits per heavy atom. The third kappa shape index (κ3) is 3.11. The van der Waals surface area contributed by atoms with Gasteiger partial charge in [0.2, 0.25) is 5.91 Å². The summed E-state index contributed by atoms with van der Waals surface area (Å²) in [7, 11) is 0. The molecular weight excluding hydrogens is 312 g/mol. The van der Waals surface area contributed by atoms with Crippen LogP contribution in [0, 0.1) is 23.2 Å². The molecule has 0 aliphatic heterocycles. The van der Waals surface area contributed by atoms with Crippen molar-refractivity contribution in [2.45, 2.75) is 51.4 Å². The predicted octanol–water partition coefficient (Wildman–Crippen LogP) is 1.99. The maximum absolute atomic E-state index is 12.6. The van der Waals surface area contributed by atoms with Crippen molar-refractivity contribution < 1.29 is 14.7 Å². The van der Waals surface area contributed by atoms with Crippen molar-refractivity contribution in [2.75, 3.05) is 5.32 Å². The number of carboxylic acid groups (broad SMARTS) is 1. The zero-order valence-corrected chi connectivity index (χ0v) is 13.7. The largest absolute Gasteiger partial charge is 0.550 e. The van der Waals surface area contributed by atoms with Crippen molar-refractivity contribution in [3.05, 3.63) is 16.0 Å². The molecule has 2 aliphatic carbocycles. The molecule has 0 aromatic carbocycles. The molecule has 23 heavy (non-hydrogen) atoms. The van der Waals surface area contributed by atoms with Gasteiger partial charge in [-0.05, 0) is 44.1 Å². The van der Waals surface area contributed by atoms with E-state index in [0.717, 1.165) is 44.1 Å². The number of fused-ring (bicyclic) bond motifs is 1. The van der Waals surface area contributed by atoms with Crippen LogP contribution in [0.5, 0.6) is 0 Å². The van der Waals surface area contributed by atoms with Crippen molar-refractivity contribution >= 4 is 28.2 Å². The molecule has 2 atom stereocenters. The van der Waals surface area contributed by atoms with E-state index in [4.69, 9.17) is 0 Å². The van der Waals surface area contributed by atoms with Gasteiger partial charge in [-0.15, -0.1) is 11.3 Å². The lowest BCUT2D eigenvalue weighted by molar-refractivity contribution is -0.313. The van der Waals surface area contributed by atoms with Crippen molar-refractivity contribution in [3.63, 3.8) is 0 Å². The topological polar surface area (TPSA) is 93.0 Å². The highest BCUT2D eigenvalue weighted by molar-refractivity contribution is 7.16. The number of thiophene rings is 1. The number of hydrogen-bond donors (Lipinski definition) is 1. The first-order valence-electron chi connectivity index (χ1n) is 8.18. The summed E-state index contributed by atoms with van der Waals surface area (Å²) >= 11 is 1.47. The number of aryl methyl sites for hydroxylation is 1. The maximum atomic E-state index is 12.6. The number of nitrogens with zero attached hydrogens (tertiary/aromatic N) is 1. The molecule has 122 valence electrons. The smallest absolute Gasteiger partial charge is 0.228 e. The number of rotatable bonds is 3. The average molecular weight is 331 g/mol. The van der Waals surface area contributed by atoms with Crippen molar-refractivity contribution in [2.24, 2.45) is 11.8 Å². The first-order chi connectivity index (χ1) is 11.1. The number of amides is 1. The highest BCUT2D eigenvalue weighted by Gasteiger charge is 2.33. The van der Waals surface area contributed by atoms with E-state index < -0.39 is 17.8 Å². The van der Waals surface area contributed by atoms with Gasteiger partial charge in [0.25, 0.3) is 0 Å². The van der Waals surface area contributed by atoms with Gasteiger partial charge in [0.1, 0.15) is 11.1 Å². The zero-order valence-electron chi connectivity index (χ0n) is 12.9. The molecule has 3 rings (SSSR count). The van der Waals surface area contributed by atoms with Gasteiger partial charge in [0.15, 0.2) is 0 Å². The van der Waals surface area contributed by atoms with Crippen LogP contribution in [-0.4, -0.2) is 11.9 Å². The molecule has 1 aromatic heterocycles. The Morgan fingerprint density at radius 1 is 1.13 bits per heavy atom. The summed E-state index contributed by atoms with van der Waals surface area (Å²) in [5, 5.41) is 24.1. The Balaban J connectivity index is 1.81. The van der Waals surface area contributed by atoms with Gasteiger partial charge in [0, 0.05) is 22.7 Å². The van der Waals surface area contributed by atoms with E-state index in [1.807, 2.05) is 0 Å². The first kappa shape index (κ1) is 16.0. The maximum Gasteiger partial charge on any atom is 0.228 e. The molecule has 0 unspecified atom stereocenters. The minimum Gasteiger partial charge on any atom is -0.550 e. The molecule has 1 N–H and O–H groups in total. The van der Waals surface area contributed by atoms with Crippen molar-refractivity contribution in [3.8, 4) is 6.07 Å². The lowest BCUT2D eigenvalue weighted by Gasteiger charge is -2.31. The number of hydrogen-bond acceptors (Lipinski definition) is 5. The SMILES string of the molecule is N#Cc1c(NC(=O)[C@H]2CCCC[C@H]2C(=O)[O-])sc2c1CCCC2. The summed E-state index contributed by atoms with van der Waals surface area (Å²) in [6, 6.07) is 2.21. The molecule has 5 nitrogen and oxygen atoms in total. The van der Waals surface area contributed by atoms with Gasteiger partial charge in [-0.3, -0.25) is 4.79 Å². The third-order valence-corrected chi connectivity index (χ3v) is 6.13. The minimum absolute atomic E-state index is 0.283. The summed E-state index contributed by atoms with van der Waals surface area (Å²) in [6.45, 7) is 0. The Hall–Kier alpha value is -1.87. The Morgan fingerprint density at radius 3 is 2.52 bits per heavy atom. The van der Waals surface area contributed by atoms with E-state index in [1.54, 1.807) is 0 Å². The number of nitriles is 1. The third-order valence-electron chi connectivity index (χ3n) is 4.93. The van der Waals surface area contributed by atoms with Crippen LogP contribution in [0.4, 0.5) is 5.00 Å². The Labute approximate surface area is 139 Å². The molecule has 6 heteroatoms. The van der Waals surface area contributed by atoms with Gasteiger partial charge in [-0.25, -0.2) is 0 Å². The lowest BCUT2D eigenvalue weighted by Crippen LogP contribution is -2.42. The van der Waals surface area contributed by atoms with Gasteiger partial charge in [0.05, 0.1) is 5.56 Å². The zero-order chi connectivity index (χ0) is 16.4. The molecule has 0 radical (unpaired) electrons. The van der Waals surface area contributed by atoms with E-state index in [0.29, 0.717) is 23.4 Å². The quantitative estimate of drug-likeness (QED) is 0.916. The molecule has 0 bridgehead atoms. The Kier molecular flexibility index (Phi) is 4.67. The highest BCUT2D eigenvalue weighted by atomic mass is 32.1. The monoisotopic (exact) mass is 331 g/mol. The fourth-order valence-electron chi connectivity index (χ4n) is 3.70. The number of carbonyl (C=O) groups is 2. The van der Waals surface area contributed by atoms with E-state index in [9.17, 15) is 20.0 Å². The highest BCUT2D eigenvalue weighted by Crippen LogP contribution is 2.38. The van der Waals surface area contributed by atoms with Gasteiger partial charge >= 0.3 is 0 Å². The molecule has 1 amide bonds. The average Bonchev–Trinajstić information content (AvgIpc) is 2.91. The molecular formula is C17H19N2O3S-. The number of nitrogens with one attached hydrogen (secondary N) is 1. The standard InChI is InChI=1S/C17H20N2O3S/c18-9-13-10-5-3-4-8-14(10)23-16(13)19-15(20)11-6-1-2-7-12(11)17(21)22/h11-12H,1-8H2,(H,19,20)(H,21,22)/p-1/t11-,12+/m0/s1. The minimum atomic E-state index is -1.14. The van der Waals surface area contributed by atoms with Crippen molar-refractivity contribution in [1.29, 1.82) is 5.26 Å². The van der Waals surface area contributed by atoms with Crippen LogP contribution in [0.2, 0.25) is 0 Å². The van der Waals surface area contributed by atoms with Gasteiger partial charge in [-0.1, -0.05) is 12.8 Å². The van der Waals surface area contributed by atoms with Crippen LogP contribution in [0.25, 0.3) is 0 Å². The van der Waals surface area contributed by atoms with E-state index in [-0.39, 0.29) is 5.91 Å². The fraction of sp³-hybridized carbons (Fsp3) is 0.588. The number of carbonyl (C=O) groups excluding carboxylic acids is 2. The summed E-state index contributed by atoms with van der Waals surface area (Å²) in [6.07, 6.45) is 6.75. The van der Waals surface area contributed by atoms with Crippen LogP contribution in [-0.2, 0) is 22.4 Å². The van der Waals surface area contributed by atoms with E-state index in [2.05, 4.69) is 11.4 Å². The number of carboxylic acids is 1. The van der Waals surface area contributed by atoms with Crippen LogP contribution in [0.1, 0.15) is 54.5 Å². The van der Waals surface area contributed by atoms with E-state index >= 15 is 0 Å².